The van der Waals surface area contributed by atoms with Gasteiger partial charge in [0.25, 0.3) is 0 Å². The quantitative estimate of drug-likeness (QED) is 0.905. The van der Waals surface area contributed by atoms with Crippen molar-refractivity contribution in [3.8, 4) is 0 Å². The van der Waals surface area contributed by atoms with Crippen molar-refractivity contribution in [2.24, 2.45) is 5.92 Å². The van der Waals surface area contributed by atoms with Crippen molar-refractivity contribution in [2.75, 3.05) is 11.4 Å². The molecule has 0 aromatic heterocycles. The van der Waals surface area contributed by atoms with E-state index >= 15 is 0 Å². The first-order chi connectivity index (χ1) is 10.3. The molecule has 0 spiro atoms. The highest BCUT2D eigenvalue weighted by Crippen LogP contribution is 2.40. The minimum Gasteiger partial charge on any atom is -0.368 e. The first-order valence-electron chi connectivity index (χ1n) is 8.60. The van der Waals surface area contributed by atoms with Crippen LogP contribution in [0.2, 0.25) is 0 Å². The third-order valence-corrected chi connectivity index (χ3v) is 5.52. The Morgan fingerprint density at radius 2 is 1.95 bits per heavy atom. The Hall–Kier alpha value is -1.09. The molecular weight excluding hydrogens is 263 g/mol. The summed E-state index contributed by atoms with van der Waals surface area (Å²) in [6.07, 6.45) is 9.33. The van der Waals surface area contributed by atoms with Crippen LogP contribution in [-0.2, 0) is 6.54 Å². The minimum absolute atomic E-state index is 0.106. The topological polar surface area (TPSA) is 15.3 Å². The van der Waals surface area contributed by atoms with Gasteiger partial charge in [-0.05, 0) is 61.8 Å². The van der Waals surface area contributed by atoms with Crippen molar-refractivity contribution < 1.29 is 4.39 Å². The van der Waals surface area contributed by atoms with Crippen LogP contribution < -0.4 is 10.2 Å². The van der Waals surface area contributed by atoms with Gasteiger partial charge < -0.3 is 10.2 Å². The molecule has 4 rings (SSSR count). The minimum atomic E-state index is -0.106. The third-order valence-electron chi connectivity index (χ3n) is 5.52. The van der Waals surface area contributed by atoms with Gasteiger partial charge in [-0.2, -0.15) is 0 Å². The highest BCUT2D eigenvalue weighted by Gasteiger charge is 2.36. The van der Waals surface area contributed by atoms with Crippen LogP contribution in [0.3, 0.4) is 0 Å². The van der Waals surface area contributed by atoms with Crippen molar-refractivity contribution >= 4 is 5.69 Å². The first-order valence-corrected chi connectivity index (χ1v) is 8.60. The van der Waals surface area contributed by atoms with E-state index < -0.39 is 0 Å². The second kappa shape index (κ2) is 5.60. The highest BCUT2D eigenvalue weighted by molar-refractivity contribution is 5.56. The molecule has 3 heteroatoms. The van der Waals surface area contributed by atoms with Crippen molar-refractivity contribution in [2.45, 2.75) is 63.6 Å². The molecule has 3 fully saturated rings. The summed E-state index contributed by atoms with van der Waals surface area (Å²) in [5.41, 5.74) is 2.42. The highest BCUT2D eigenvalue weighted by atomic mass is 19.1. The van der Waals surface area contributed by atoms with Crippen LogP contribution in [0.1, 0.15) is 50.5 Å². The molecule has 114 valence electrons. The number of halogens is 1. The summed E-state index contributed by atoms with van der Waals surface area (Å²) in [5.74, 6) is 0.763. The van der Waals surface area contributed by atoms with Crippen molar-refractivity contribution in [1.82, 2.24) is 5.32 Å². The molecule has 2 nitrogen and oxygen atoms in total. The monoisotopic (exact) mass is 288 g/mol. The Kier molecular flexibility index (Phi) is 3.62. The fourth-order valence-corrected chi connectivity index (χ4v) is 4.22. The molecule has 2 aliphatic carbocycles. The lowest BCUT2D eigenvalue weighted by Gasteiger charge is -2.34. The lowest BCUT2D eigenvalue weighted by molar-refractivity contribution is 0.342. The summed E-state index contributed by atoms with van der Waals surface area (Å²) >= 11 is 0. The van der Waals surface area contributed by atoms with E-state index in [9.17, 15) is 4.39 Å². The number of fused-ring (bicyclic) bond motifs is 1. The van der Waals surface area contributed by atoms with Crippen LogP contribution >= 0.6 is 0 Å². The van der Waals surface area contributed by atoms with Gasteiger partial charge in [-0.15, -0.1) is 0 Å². The number of hydrogen-bond acceptors (Lipinski definition) is 2. The summed E-state index contributed by atoms with van der Waals surface area (Å²) in [7, 11) is 0. The van der Waals surface area contributed by atoms with Gasteiger partial charge in [0.15, 0.2) is 0 Å². The van der Waals surface area contributed by atoms with Crippen LogP contribution in [0.4, 0.5) is 10.1 Å². The average Bonchev–Trinajstić information content (AvgIpc) is 3.24. The van der Waals surface area contributed by atoms with Crippen molar-refractivity contribution in [3.05, 3.63) is 29.6 Å². The van der Waals surface area contributed by atoms with Crippen molar-refractivity contribution in [3.63, 3.8) is 0 Å². The number of rotatable bonds is 4. The Morgan fingerprint density at radius 1 is 1.10 bits per heavy atom. The fraction of sp³-hybridized carbons (Fsp3) is 0.667. The summed E-state index contributed by atoms with van der Waals surface area (Å²) in [4.78, 5) is 2.58. The maximum absolute atomic E-state index is 13.7. The molecule has 1 aromatic carbocycles. The number of hydrogen-bond donors (Lipinski definition) is 1. The van der Waals surface area contributed by atoms with E-state index in [1.807, 2.05) is 6.07 Å². The maximum atomic E-state index is 13.7. The zero-order chi connectivity index (χ0) is 14.2. The molecule has 21 heavy (non-hydrogen) atoms. The van der Waals surface area contributed by atoms with Gasteiger partial charge in [-0.3, -0.25) is 0 Å². The summed E-state index contributed by atoms with van der Waals surface area (Å²) < 4.78 is 13.7. The lowest BCUT2D eigenvalue weighted by atomic mass is 9.85. The maximum Gasteiger partial charge on any atom is 0.123 e. The summed E-state index contributed by atoms with van der Waals surface area (Å²) in [6, 6.07) is 6.74. The number of nitrogens with zero attached hydrogens (tertiary/aromatic N) is 1. The van der Waals surface area contributed by atoms with E-state index in [0.29, 0.717) is 12.1 Å². The normalized spacial score (nSPS) is 28.7. The van der Waals surface area contributed by atoms with Crippen LogP contribution in [0, 0.1) is 11.7 Å². The van der Waals surface area contributed by atoms with Crippen LogP contribution in [0.25, 0.3) is 0 Å². The van der Waals surface area contributed by atoms with Gasteiger partial charge in [-0.1, -0.05) is 12.8 Å². The van der Waals surface area contributed by atoms with E-state index in [4.69, 9.17) is 0 Å². The van der Waals surface area contributed by atoms with Crippen LogP contribution in [-0.4, -0.2) is 18.6 Å². The SMILES string of the molecule is Fc1ccc(N2CCC3CCCCC32)c(CNC2CC2)c1. The third kappa shape index (κ3) is 2.80. The Labute approximate surface area is 126 Å². The van der Waals surface area contributed by atoms with Gasteiger partial charge >= 0.3 is 0 Å². The number of nitrogens with one attached hydrogen (secondary N) is 1. The average molecular weight is 288 g/mol. The predicted octanol–water partition coefficient (Wildman–Crippen LogP) is 3.85. The van der Waals surface area contributed by atoms with Gasteiger partial charge in [0, 0.05) is 30.9 Å². The van der Waals surface area contributed by atoms with E-state index in [2.05, 4.69) is 10.2 Å². The first kappa shape index (κ1) is 13.6. The van der Waals surface area contributed by atoms with E-state index in [-0.39, 0.29) is 5.82 Å². The van der Waals surface area contributed by atoms with Gasteiger partial charge in [0.1, 0.15) is 5.82 Å². The largest absolute Gasteiger partial charge is 0.368 e. The fourth-order valence-electron chi connectivity index (χ4n) is 4.22. The molecular formula is C18H25FN2. The standard InChI is InChI=1S/C18H25FN2/c19-15-5-8-18(14(11-15)12-20-16-6-7-16)21-10-9-13-3-1-2-4-17(13)21/h5,8,11,13,16-17,20H,1-4,6-7,9-10,12H2. The molecule has 1 saturated heterocycles. The van der Waals surface area contributed by atoms with Crippen LogP contribution in [0.15, 0.2) is 18.2 Å². The molecule has 1 heterocycles. The smallest absolute Gasteiger partial charge is 0.123 e. The van der Waals surface area contributed by atoms with E-state index in [0.717, 1.165) is 24.6 Å². The van der Waals surface area contributed by atoms with Gasteiger partial charge in [-0.25, -0.2) is 4.39 Å². The number of anilines is 1. The molecule has 0 bridgehead atoms. The predicted molar refractivity (Wildman–Crippen MR) is 84.0 cm³/mol. The molecule has 1 N–H and O–H groups in total. The second-order valence-corrected chi connectivity index (χ2v) is 7.02. The molecule has 3 aliphatic rings. The van der Waals surface area contributed by atoms with Crippen LogP contribution in [0.5, 0.6) is 0 Å². The molecule has 0 radical (unpaired) electrons. The lowest BCUT2D eigenvalue weighted by Crippen LogP contribution is -2.35. The zero-order valence-corrected chi connectivity index (χ0v) is 12.7. The van der Waals surface area contributed by atoms with E-state index in [1.54, 1.807) is 12.1 Å². The Bertz CT molecular complexity index is 512. The molecule has 1 aliphatic heterocycles. The number of benzene rings is 1. The molecule has 2 saturated carbocycles. The zero-order valence-electron chi connectivity index (χ0n) is 12.7. The van der Waals surface area contributed by atoms with Crippen molar-refractivity contribution in [1.29, 1.82) is 0 Å². The van der Waals surface area contributed by atoms with Gasteiger partial charge in [0.05, 0.1) is 0 Å². The summed E-state index contributed by atoms with van der Waals surface area (Å²) in [5, 5.41) is 3.54. The molecule has 0 amide bonds. The second-order valence-electron chi connectivity index (χ2n) is 7.02. The van der Waals surface area contributed by atoms with Gasteiger partial charge in [0.2, 0.25) is 0 Å². The molecule has 2 atom stereocenters. The molecule has 1 aromatic rings. The Morgan fingerprint density at radius 3 is 2.81 bits per heavy atom. The van der Waals surface area contributed by atoms with E-state index in [1.165, 1.54) is 50.6 Å². The molecule has 2 unspecified atom stereocenters. The Balaban J connectivity index is 1.57. The summed E-state index contributed by atoms with van der Waals surface area (Å²) in [6.45, 7) is 1.96.